The standard InChI is InChI=1S/C34H42N6O4/c1-22(2)36-33(42)44-29-13-12-25(21-26(29)31(35)41)43-19-18-39-14-16-40(17-15-39)28-11-7-10-27-30(28)38-32(37-27)23-8-6-9-24(20-23)34(3,4)5/h6-13,20-22H,14-19H2,1-5H3,(H2,35,41)(H,36,42)(H,37,38). The summed E-state index contributed by atoms with van der Waals surface area (Å²) in [6.07, 6.45) is -0.648. The first-order chi connectivity index (χ1) is 21.0. The Morgan fingerprint density at radius 1 is 1.02 bits per heavy atom. The average Bonchev–Trinajstić information content (AvgIpc) is 3.42. The summed E-state index contributed by atoms with van der Waals surface area (Å²) in [5.74, 6) is 0.767. The number of carbonyl (C=O) groups is 2. The summed E-state index contributed by atoms with van der Waals surface area (Å²) in [5.41, 5.74) is 11.2. The number of aromatic amines is 1. The summed E-state index contributed by atoms with van der Waals surface area (Å²) in [6, 6.07) is 19.5. The van der Waals surface area contributed by atoms with Gasteiger partial charge in [0.25, 0.3) is 5.91 Å². The molecule has 10 nitrogen and oxygen atoms in total. The fraction of sp³-hybridized carbons (Fsp3) is 0.382. The average molecular weight is 599 g/mol. The van der Waals surface area contributed by atoms with E-state index in [2.05, 4.69) is 83.3 Å². The van der Waals surface area contributed by atoms with Crippen molar-refractivity contribution in [2.24, 2.45) is 5.73 Å². The number of benzene rings is 3. The highest BCUT2D eigenvalue weighted by molar-refractivity contribution is 5.97. The third kappa shape index (κ3) is 7.31. The summed E-state index contributed by atoms with van der Waals surface area (Å²) < 4.78 is 11.2. The Balaban J connectivity index is 1.18. The molecular formula is C34H42N6O4. The van der Waals surface area contributed by atoms with E-state index >= 15 is 0 Å². The largest absolute Gasteiger partial charge is 0.492 e. The number of rotatable bonds is 9. The van der Waals surface area contributed by atoms with E-state index in [1.807, 2.05) is 13.8 Å². The van der Waals surface area contributed by atoms with Crippen LogP contribution in [0.1, 0.15) is 50.5 Å². The normalized spacial score (nSPS) is 14.2. The number of hydrogen-bond donors (Lipinski definition) is 3. The lowest BCUT2D eigenvalue weighted by molar-refractivity contribution is 0.0997. The van der Waals surface area contributed by atoms with Crippen LogP contribution in [0, 0.1) is 0 Å². The molecule has 2 amide bonds. The summed E-state index contributed by atoms with van der Waals surface area (Å²) in [6.45, 7) is 15.0. The minimum absolute atomic E-state index is 0.0659. The van der Waals surface area contributed by atoms with Gasteiger partial charge in [0.1, 0.15) is 29.4 Å². The molecule has 1 saturated heterocycles. The van der Waals surface area contributed by atoms with Crippen molar-refractivity contribution < 1.29 is 19.1 Å². The summed E-state index contributed by atoms with van der Waals surface area (Å²) in [5, 5.41) is 2.62. The topological polar surface area (TPSA) is 126 Å². The highest BCUT2D eigenvalue weighted by Gasteiger charge is 2.21. The molecule has 232 valence electrons. The maximum absolute atomic E-state index is 12.0. The molecule has 0 atom stereocenters. The molecule has 10 heteroatoms. The van der Waals surface area contributed by atoms with E-state index in [1.165, 1.54) is 17.7 Å². The smallest absolute Gasteiger partial charge is 0.412 e. The lowest BCUT2D eigenvalue weighted by atomic mass is 9.86. The van der Waals surface area contributed by atoms with Gasteiger partial charge in [-0.15, -0.1) is 0 Å². The van der Waals surface area contributed by atoms with Crippen molar-refractivity contribution in [2.75, 3.05) is 44.2 Å². The molecule has 3 aromatic carbocycles. The zero-order chi connectivity index (χ0) is 31.4. The Kier molecular flexibility index (Phi) is 9.10. The van der Waals surface area contributed by atoms with Crippen LogP contribution in [0.15, 0.2) is 60.7 Å². The minimum atomic E-state index is -0.698. The maximum atomic E-state index is 12.0. The zero-order valence-electron chi connectivity index (χ0n) is 26.1. The van der Waals surface area contributed by atoms with Crippen LogP contribution >= 0.6 is 0 Å². The quantitative estimate of drug-likeness (QED) is 0.238. The molecule has 5 rings (SSSR count). The van der Waals surface area contributed by atoms with E-state index in [1.54, 1.807) is 6.07 Å². The van der Waals surface area contributed by atoms with Crippen molar-refractivity contribution in [3.05, 3.63) is 71.8 Å². The van der Waals surface area contributed by atoms with Crippen LogP contribution in [0.25, 0.3) is 22.4 Å². The van der Waals surface area contributed by atoms with Gasteiger partial charge in [-0.1, -0.05) is 45.0 Å². The molecule has 44 heavy (non-hydrogen) atoms. The predicted molar refractivity (Wildman–Crippen MR) is 174 cm³/mol. The Bertz CT molecular complexity index is 1630. The molecule has 1 aliphatic rings. The second-order valence-electron chi connectivity index (χ2n) is 12.5. The molecule has 0 radical (unpaired) electrons. The molecule has 2 heterocycles. The van der Waals surface area contributed by atoms with Gasteiger partial charge in [0, 0.05) is 44.3 Å². The highest BCUT2D eigenvalue weighted by Crippen LogP contribution is 2.31. The fourth-order valence-electron chi connectivity index (χ4n) is 5.29. The first kappa shape index (κ1) is 30.9. The van der Waals surface area contributed by atoms with E-state index in [0.29, 0.717) is 12.4 Å². The molecular weight excluding hydrogens is 556 g/mol. The number of H-pyrrole nitrogens is 1. The number of carbonyl (C=O) groups excluding carboxylic acids is 2. The van der Waals surface area contributed by atoms with Crippen molar-refractivity contribution in [3.63, 3.8) is 0 Å². The first-order valence-electron chi connectivity index (χ1n) is 15.1. The van der Waals surface area contributed by atoms with Gasteiger partial charge in [-0.2, -0.15) is 0 Å². The lowest BCUT2D eigenvalue weighted by Gasteiger charge is -2.36. The number of nitrogens with two attached hydrogens (primary N) is 1. The zero-order valence-corrected chi connectivity index (χ0v) is 26.1. The number of nitrogens with zero attached hydrogens (tertiary/aromatic N) is 3. The third-order valence-corrected chi connectivity index (χ3v) is 7.71. The van der Waals surface area contributed by atoms with Crippen molar-refractivity contribution >= 4 is 28.7 Å². The number of primary amides is 1. The van der Waals surface area contributed by atoms with Crippen LogP contribution in [-0.4, -0.2) is 72.2 Å². The molecule has 1 fully saturated rings. The number of amides is 2. The van der Waals surface area contributed by atoms with Crippen LogP contribution in [0.3, 0.4) is 0 Å². The molecule has 4 aromatic rings. The van der Waals surface area contributed by atoms with Crippen molar-refractivity contribution in [2.45, 2.75) is 46.1 Å². The number of aromatic nitrogens is 2. The maximum Gasteiger partial charge on any atom is 0.412 e. The van der Waals surface area contributed by atoms with E-state index in [9.17, 15) is 9.59 Å². The Hall–Kier alpha value is -4.57. The molecule has 0 bridgehead atoms. The van der Waals surface area contributed by atoms with E-state index < -0.39 is 12.0 Å². The highest BCUT2D eigenvalue weighted by atomic mass is 16.6. The number of ether oxygens (including phenoxy) is 2. The predicted octanol–water partition coefficient (Wildman–Crippen LogP) is 5.32. The second-order valence-corrected chi connectivity index (χ2v) is 12.5. The van der Waals surface area contributed by atoms with Crippen LogP contribution in [0.4, 0.5) is 10.5 Å². The Morgan fingerprint density at radius 3 is 2.48 bits per heavy atom. The van der Waals surface area contributed by atoms with Gasteiger partial charge in [-0.3, -0.25) is 9.69 Å². The molecule has 0 spiro atoms. The van der Waals surface area contributed by atoms with Gasteiger partial charge in [0.15, 0.2) is 0 Å². The summed E-state index contributed by atoms with van der Waals surface area (Å²) in [4.78, 5) is 37.3. The van der Waals surface area contributed by atoms with Crippen LogP contribution in [0.5, 0.6) is 11.5 Å². The Labute approximate surface area is 258 Å². The number of piperazine rings is 1. The van der Waals surface area contributed by atoms with Gasteiger partial charge in [0.05, 0.1) is 16.8 Å². The summed E-state index contributed by atoms with van der Waals surface area (Å²) >= 11 is 0. The van der Waals surface area contributed by atoms with Gasteiger partial charge < -0.3 is 30.4 Å². The second kappa shape index (κ2) is 13.0. The Morgan fingerprint density at radius 2 is 1.77 bits per heavy atom. The van der Waals surface area contributed by atoms with E-state index in [4.69, 9.17) is 20.2 Å². The molecule has 0 saturated carbocycles. The fourth-order valence-corrected chi connectivity index (χ4v) is 5.29. The molecule has 4 N–H and O–H groups in total. The molecule has 1 aromatic heterocycles. The van der Waals surface area contributed by atoms with Gasteiger partial charge in [0.2, 0.25) is 0 Å². The molecule has 1 aliphatic heterocycles. The molecule has 0 aliphatic carbocycles. The van der Waals surface area contributed by atoms with Gasteiger partial charge in [-0.25, -0.2) is 9.78 Å². The van der Waals surface area contributed by atoms with E-state index in [0.717, 1.165) is 60.8 Å². The van der Waals surface area contributed by atoms with E-state index in [-0.39, 0.29) is 22.8 Å². The first-order valence-corrected chi connectivity index (χ1v) is 15.1. The summed E-state index contributed by atoms with van der Waals surface area (Å²) in [7, 11) is 0. The number of anilines is 1. The number of fused-ring (bicyclic) bond motifs is 1. The van der Waals surface area contributed by atoms with Crippen molar-refractivity contribution in [1.29, 1.82) is 0 Å². The number of para-hydroxylation sites is 1. The number of imidazole rings is 1. The van der Waals surface area contributed by atoms with Crippen LogP contribution < -0.4 is 25.4 Å². The van der Waals surface area contributed by atoms with Crippen LogP contribution in [0.2, 0.25) is 0 Å². The monoisotopic (exact) mass is 598 g/mol. The number of nitrogens with one attached hydrogen (secondary N) is 2. The SMILES string of the molecule is CC(C)NC(=O)Oc1ccc(OCCN2CCN(c3cccc4[nH]c(-c5cccc(C(C)(C)C)c5)nc34)CC2)cc1C(N)=O. The third-order valence-electron chi connectivity index (χ3n) is 7.71. The minimum Gasteiger partial charge on any atom is -0.492 e. The lowest BCUT2D eigenvalue weighted by Crippen LogP contribution is -2.47. The van der Waals surface area contributed by atoms with Crippen molar-refractivity contribution in [1.82, 2.24) is 20.2 Å². The number of hydrogen-bond acceptors (Lipinski definition) is 7. The van der Waals surface area contributed by atoms with Gasteiger partial charge >= 0.3 is 6.09 Å². The molecule has 0 unspecified atom stereocenters. The van der Waals surface area contributed by atoms with Gasteiger partial charge in [-0.05, 0) is 61.2 Å². The van der Waals surface area contributed by atoms with Crippen LogP contribution in [-0.2, 0) is 5.41 Å². The van der Waals surface area contributed by atoms with Crippen molar-refractivity contribution in [3.8, 4) is 22.9 Å².